The number of aliphatic hydroxyl groups is 1. The van der Waals surface area contributed by atoms with E-state index in [1.54, 1.807) is 6.92 Å². The Morgan fingerprint density at radius 2 is 1.88 bits per heavy atom. The van der Waals surface area contributed by atoms with Gasteiger partial charge in [-0.1, -0.05) is 0 Å². The van der Waals surface area contributed by atoms with E-state index in [1.807, 2.05) is 30.3 Å². The number of carbonyl (C=O) groups is 2. The van der Waals surface area contributed by atoms with Gasteiger partial charge in [-0.15, -0.1) is 0 Å². The first-order valence-electron chi connectivity index (χ1n) is 8.63. The van der Waals surface area contributed by atoms with E-state index in [4.69, 9.17) is 0 Å². The van der Waals surface area contributed by atoms with Crippen molar-refractivity contribution in [3.8, 4) is 0 Å². The second kappa shape index (κ2) is 6.09. The third-order valence-electron chi connectivity index (χ3n) is 6.59. The number of benzene rings is 1. The van der Waals surface area contributed by atoms with Gasteiger partial charge in [0.1, 0.15) is 0 Å². The molecule has 2 fully saturated rings. The molecule has 0 radical (unpaired) electrons. The molecule has 0 amide bonds. The number of hydrogen-bond acceptors (Lipinski definition) is 3. The van der Waals surface area contributed by atoms with Crippen molar-refractivity contribution in [1.82, 2.24) is 0 Å². The van der Waals surface area contributed by atoms with Crippen molar-refractivity contribution in [2.24, 2.45) is 16.7 Å². The van der Waals surface area contributed by atoms with Crippen molar-refractivity contribution in [1.29, 1.82) is 0 Å². The fourth-order valence-electron chi connectivity index (χ4n) is 4.54. The summed E-state index contributed by atoms with van der Waals surface area (Å²) in [7, 11) is 0. The summed E-state index contributed by atoms with van der Waals surface area (Å²) in [5, 5.41) is 10.7. The summed E-state index contributed by atoms with van der Waals surface area (Å²) in [6, 6.07) is 9.34. The molecule has 0 heterocycles. The van der Waals surface area contributed by atoms with Gasteiger partial charge < -0.3 is 0 Å². The maximum atomic E-state index is 13.0. The van der Waals surface area contributed by atoms with Crippen LogP contribution < -0.4 is 0 Å². The number of carbonyl (C=O) groups excluding carboxylic acids is 2. The van der Waals surface area contributed by atoms with Gasteiger partial charge in [-0.2, -0.15) is 0 Å². The molecule has 0 unspecified atom stereocenters. The van der Waals surface area contributed by atoms with E-state index in [9.17, 15) is 14.7 Å². The van der Waals surface area contributed by atoms with Crippen LogP contribution in [-0.4, -0.2) is 31.6 Å². The third kappa shape index (κ3) is 2.51. The Morgan fingerprint density at radius 3 is 2.38 bits per heavy atom. The first-order valence-corrected chi connectivity index (χ1v) is 10.6. The minimum atomic E-state index is -0.813. The van der Waals surface area contributed by atoms with Crippen LogP contribution in [-0.2, 0) is 9.59 Å². The van der Waals surface area contributed by atoms with Crippen LogP contribution in [0.3, 0.4) is 0 Å². The van der Waals surface area contributed by atoms with Crippen LogP contribution in [0.4, 0.5) is 0 Å². The van der Waals surface area contributed by atoms with Gasteiger partial charge in [0.2, 0.25) is 0 Å². The Hall–Kier alpha value is -0.961. The van der Waals surface area contributed by atoms with Gasteiger partial charge in [0.15, 0.2) is 0 Å². The molecule has 3 nitrogen and oxygen atoms in total. The van der Waals surface area contributed by atoms with Crippen LogP contribution in [0.25, 0.3) is 0 Å². The van der Waals surface area contributed by atoms with Crippen molar-refractivity contribution in [3.05, 3.63) is 35.9 Å². The van der Waals surface area contributed by atoms with E-state index < -0.39 is 10.9 Å². The van der Waals surface area contributed by atoms with Gasteiger partial charge in [-0.05, 0) is 0 Å². The van der Waals surface area contributed by atoms with Crippen molar-refractivity contribution in [2.75, 3.05) is 0 Å². The molecule has 4 heteroatoms. The summed E-state index contributed by atoms with van der Waals surface area (Å²) < 4.78 is 0. The molecule has 2 aliphatic rings. The van der Waals surface area contributed by atoms with E-state index in [0.29, 0.717) is 11.7 Å². The maximum absolute atomic E-state index is 13.0. The molecule has 130 valence electrons. The molecule has 0 saturated heterocycles. The average Bonchev–Trinajstić information content (AvgIpc) is 2.85. The second-order valence-corrected chi connectivity index (χ2v) is 10.7. The number of fused-ring (bicyclic) bond motifs is 2. The van der Waals surface area contributed by atoms with Gasteiger partial charge in [-0.3, -0.25) is 0 Å². The quantitative estimate of drug-likeness (QED) is 0.778. The Balaban J connectivity index is 1.86. The number of ketones is 2. The van der Waals surface area contributed by atoms with Gasteiger partial charge in [0.05, 0.1) is 0 Å². The fraction of sp³-hybridized carbons (Fsp3) is 0.600. The normalized spacial score (nSPS) is 33.5. The van der Waals surface area contributed by atoms with Gasteiger partial charge in [-0.25, -0.2) is 0 Å². The number of rotatable bonds is 5. The molecule has 2 aliphatic carbocycles. The van der Waals surface area contributed by atoms with Crippen molar-refractivity contribution >= 4 is 26.5 Å². The topological polar surface area (TPSA) is 54.4 Å². The van der Waals surface area contributed by atoms with Crippen molar-refractivity contribution < 1.29 is 14.7 Å². The summed E-state index contributed by atoms with van der Waals surface area (Å²) in [6.45, 7) is 8.05. The van der Waals surface area contributed by atoms with E-state index in [1.165, 1.54) is 0 Å². The molecule has 5 atom stereocenters. The first kappa shape index (κ1) is 17.8. The molecular formula is C20H26O3Se. The van der Waals surface area contributed by atoms with E-state index >= 15 is 0 Å². The minimum absolute atomic E-state index is 0.00443. The second-order valence-electron chi connectivity index (χ2n) is 8.01. The first-order chi connectivity index (χ1) is 11.2. The monoisotopic (exact) mass is 394 g/mol. The molecule has 2 bridgehead atoms. The van der Waals surface area contributed by atoms with E-state index in [2.05, 4.69) is 20.8 Å². The predicted octanol–water partition coefficient (Wildman–Crippen LogP) is 3.62. The summed E-state index contributed by atoms with van der Waals surface area (Å²) in [6.07, 6.45) is 1.21. The zero-order valence-corrected chi connectivity index (χ0v) is 16.5. The molecule has 24 heavy (non-hydrogen) atoms. The zero-order chi connectivity index (χ0) is 17.7. The molecular weight excluding hydrogens is 367 g/mol. The fourth-order valence-corrected chi connectivity index (χ4v) is 8.44. The zero-order valence-electron chi connectivity index (χ0n) is 14.8. The summed E-state index contributed by atoms with van der Waals surface area (Å²) >= 11 is -0.224. The van der Waals surface area contributed by atoms with Crippen molar-refractivity contribution in [3.63, 3.8) is 0 Å². The standard InChI is InChI=1S/C20H26O3Se/c1-12(21)16(15(22)13-8-6-5-7-9-13)24-17-14-10-11-20(4,18(17)23)19(14,2)3/h5-9,14-17,22H,10-11H2,1-4H3/t14-,15-,16+,17+,20+/m1/s1. The summed E-state index contributed by atoms with van der Waals surface area (Å²) in [5.74, 6) is 0.667. The Morgan fingerprint density at radius 1 is 1.25 bits per heavy atom. The number of aliphatic hydroxyl groups excluding tert-OH is 1. The SMILES string of the molecule is CC(=O)[C@H]([Se][C@@H]1C(=O)[C@]2(C)CC[C@H]1C2(C)C)[C@H](O)c1ccccc1. The van der Waals surface area contributed by atoms with Crippen LogP contribution in [0, 0.1) is 16.7 Å². The van der Waals surface area contributed by atoms with Crippen LogP contribution in [0.2, 0.25) is 9.63 Å². The van der Waals surface area contributed by atoms with E-state index in [0.717, 1.165) is 18.4 Å². The predicted molar refractivity (Wildman–Crippen MR) is 95.0 cm³/mol. The molecule has 0 aromatic heterocycles. The third-order valence-corrected chi connectivity index (χ3v) is 10.2. The van der Waals surface area contributed by atoms with Gasteiger partial charge in [0.25, 0.3) is 0 Å². The van der Waals surface area contributed by atoms with Crippen LogP contribution in [0.15, 0.2) is 30.3 Å². The molecule has 0 aliphatic heterocycles. The number of hydrogen-bond donors (Lipinski definition) is 1. The molecule has 2 saturated carbocycles. The Labute approximate surface area is 150 Å². The average molecular weight is 393 g/mol. The molecule has 1 aromatic rings. The molecule has 3 rings (SSSR count). The molecule has 1 N–H and O–H groups in total. The number of Topliss-reactive ketones (excluding diaryl/α,β-unsaturated/α-hetero) is 2. The van der Waals surface area contributed by atoms with Crippen LogP contribution in [0.1, 0.15) is 52.2 Å². The Kier molecular flexibility index (Phi) is 4.53. The van der Waals surface area contributed by atoms with Crippen LogP contribution >= 0.6 is 0 Å². The summed E-state index contributed by atoms with van der Waals surface area (Å²) in [5.41, 5.74) is 0.499. The van der Waals surface area contributed by atoms with Crippen LogP contribution in [0.5, 0.6) is 0 Å². The molecule has 1 aromatic carbocycles. The Bertz CT molecular complexity index is 654. The molecule has 0 spiro atoms. The van der Waals surface area contributed by atoms with Gasteiger partial charge in [0, 0.05) is 0 Å². The summed E-state index contributed by atoms with van der Waals surface area (Å²) in [4.78, 5) is 24.8. The van der Waals surface area contributed by atoms with Gasteiger partial charge >= 0.3 is 150 Å². The van der Waals surface area contributed by atoms with Crippen molar-refractivity contribution in [2.45, 2.75) is 56.3 Å². The van der Waals surface area contributed by atoms with E-state index in [-0.39, 0.29) is 36.4 Å².